The number of hydrogen-bond donors (Lipinski definition) is 0. The van der Waals surface area contributed by atoms with Crippen molar-refractivity contribution in [2.24, 2.45) is 29.1 Å². The fraction of sp³-hybridized carbons (Fsp3) is 0.938. The van der Waals surface area contributed by atoms with Gasteiger partial charge in [0, 0.05) is 0 Å². The van der Waals surface area contributed by atoms with E-state index in [9.17, 15) is 5.26 Å². The fourth-order valence-corrected chi connectivity index (χ4v) is 4.80. The summed E-state index contributed by atoms with van der Waals surface area (Å²) < 4.78 is 0. The number of fused-ring (bicyclic) bond motifs is 2. The van der Waals surface area contributed by atoms with Crippen molar-refractivity contribution in [1.82, 2.24) is 0 Å². The van der Waals surface area contributed by atoms with Crippen molar-refractivity contribution in [1.29, 1.82) is 5.26 Å². The van der Waals surface area contributed by atoms with Crippen LogP contribution in [0.4, 0.5) is 0 Å². The minimum atomic E-state index is 0.0711. The van der Waals surface area contributed by atoms with Crippen LogP contribution in [0.3, 0.4) is 0 Å². The predicted molar refractivity (Wildman–Crippen MR) is 69.2 cm³/mol. The van der Waals surface area contributed by atoms with Gasteiger partial charge >= 0.3 is 0 Å². The Bertz CT molecular complexity index is 319. The third-order valence-corrected chi connectivity index (χ3v) is 6.01. The van der Waals surface area contributed by atoms with Crippen molar-refractivity contribution in [3.8, 4) is 6.07 Å². The topological polar surface area (TPSA) is 23.8 Å². The molecule has 3 rings (SSSR count). The SMILES string of the molecule is CC1CCC(C#N)(CC2CC3CCC2C3)CC1. The third-order valence-electron chi connectivity index (χ3n) is 6.01. The van der Waals surface area contributed by atoms with Crippen molar-refractivity contribution in [3.63, 3.8) is 0 Å². The first-order chi connectivity index (χ1) is 8.21. The molecule has 0 aliphatic heterocycles. The molecule has 3 aliphatic carbocycles. The van der Waals surface area contributed by atoms with Gasteiger partial charge in [0.2, 0.25) is 0 Å². The van der Waals surface area contributed by atoms with Gasteiger partial charge in [0.15, 0.2) is 0 Å². The first-order valence-corrected chi connectivity index (χ1v) is 7.62. The van der Waals surface area contributed by atoms with E-state index in [4.69, 9.17) is 0 Å². The van der Waals surface area contributed by atoms with Crippen LogP contribution in [-0.4, -0.2) is 0 Å². The molecule has 3 aliphatic rings. The van der Waals surface area contributed by atoms with Crippen LogP contribution in [0.25, 0.3) is 0 Å². The molecule has 2 bridgehead atoms. The lowest BCUT2D eigenvalue weighted by atomic mass is 9.65. The minimum Gasteiger partial charge on any atom is -0.198 e. The number of hydrogen-bond acceptors (Lipinski definition) is 1. The van der Waals surface area contributed by atoms with E-state index >= 15 is 0 Å². The maximum atomic E-state index is 9.61. The molecule has 0 aromatic carbocycles. The summed E-state index contributed by atoms with van der Waals surface area (Å²) in [6, 6.07) is 2.72. The molecular formula is C16H25N. The molecule has 1 nitrogen and oxygen atoms in total. The number of nitrogens with zero attached hydrogens (tertiary/aromatic N) is 1. The Morgan fingerprint density at radius 3 is 2.41 bits per heavy atom. The first-order valence-electron chi connectivity index (χ1n) is 7.62. The van der Waals surface area contributed by atoms with Crippen molar-refractivity contribution >= 4 is 0 Å². The fourth-order valence-electron chi connectivity index (χ4n) is 4.80. The van der Waals surface area contributed by atoms with Crippen LogP contribution in [0, 0.1) is 40.4 Å². The molecule has 3 saturated carbocycles. The molecule has 3 fully saturated rings. The van der Waals surface area contributed by atoms with Crippen molar-refractivity contribution in [2.45, 2.75) is 64.7 Å². The average molecular weight is 231 g/mol. The smallest absolute Gasteiger partial charge is 0.0689 e. The zero-order valence-electron chi connectivity index (χ0n) is 11.1. The van der Waals surface area contributed by atoms with Gasteiger partial charge < -0.3 is 0 Å². The monoisotopic (exact) mass is 231 g/mol. The molecule has 1 heteroatoms. The van der Waals surface area contributed by atoms with E-state index in [0.717, 1.165) is 23.7 Å². The second-order valence-electron chi connectivity index (χ2n) is 7.21. The molecule has 17 heavy (non-hydrogen) atoms. The maximum absolute atomic E-state index is 9.61. The van der Waals surface area contributed by atoms with Gasteiger partial charge in [-0.05, 0) is 75.0 Å². The molecule has 0 radical (unpaired) electrons. The Labute approximate surface area is 106 Å². The normalized spacial score (nSPS) is 49.2. The average Bonchev–Trinajstić information content (AvgIpc) is 2.94. The molecule has 0 spiro atoms. The highest BCUT2D eigenvalue weighted by Gasteiger charge is 2.44. The molecule has 0 heterocycles. The van der Waals surface area contributed by atoms with Gasteiger partial charge in [0.05, 0.1) is 11.5 Å². The molecule has 0 aromatic heterocycles. The summed E-state index contributed by atoms with van der Waals surface area (Å²) in [5.74, 6) is 3.78. The molecule has 0 saturated heterocycles. The summed E-state index contributed by atoms with van der Waals surface area (Å²) in [5, 5.41) is 9.61. The van der Waals surface area contributed by atoms with Crippen LogP contribution in [0.5, 0.6) is 0 Å². The van der Waals surface area contributed by atoms with E-state index in [1.807, 2.05) is 0 Å². The summed E-state index contributed by atoms with van der Waals surface area (Å²) in [7, 11) is 0. The van der Waals surface area contributed by atoms with Crippen LogP contribution in [0.15, 0.2) is 0 Å². The second kappa shape index (κ2) is 4.30. The Morgan fingerprint density at radius 1 is 1.12 bits per heavy atom. The lowest BCUT2D eigenvalue weighted by Gasteiger charge is -2.37. The molecule has 0 amide bonds. The van der Waals surface area contributed by atoms with E-state index in [2.05, 4.69) is 13.0 Å². The van der Waals surface area contributed by atoms with E-state index in [1.165, 1.54) is 57.8 Å². The van der Waals surface area contributed by atoms with Crippen molar-refractivity contribution in [3.05, 3.63) is 0 Å². The number of nitriles is 1. The minimum absolute atomic E-state index is 0.0711. The largest absolute Gasteiger partial charge is 0.198 e. The van der Waals surface area contributed by atoms with Gasteiger partial charge in [-0.2, -0.15) is 5.26 Å². The molecular weight excluding hydrogens is 206 g/mol. The van der Waals surface area contributed by atoms with Crippen LogP contribution in [0.2, 0.25) is 0 Å². The molecule has 0 N–H and O–H groups in total. The van der Waals surface area contributed by atoms with Gasteiger partial charge in [-0.25, -0.2) is 0 Å². The van der Waals surface area contributed by atoms with Gasteiger partial charge in [0.1, 0.15) is 0 Å². The Hall–Kier alpha value is -0.510. The quantitative estimate of drug-likeness (QED) is 0.685. The van der Waals surface area contributed by atoms with E-state index in [-0.39, 0.29) is 5.41 Å². The Kier molecular flexibility index (Phi) is 2.93. The summed E-state index contributed by atoms with van der Waals surface area (Å²) >= 11 is 0. The van der Waals surface area contributed by atoms with Crippen molar-refractivity contribution < 1.29 is 0 Å². The Morgan fingerprint density at radius 2 is 1.88 bits per heavy atom. The Balaban J connectivity index is 1.64. The third kappa shape index (κ3) is 2.12. The van der Waals surface area contributed by atoms with E-state index in [1.54, 1.807) is 0 Å². The lowest BCUT2D eigenvalue weighted by molar-refractivity contribution is 0.151. The highest BCUT2D eigenvalue weighted by atomic mass is 14.5. The standard InChI is InChI=1S/C16H25N/c1-12-4-6-16(11-17,7-5-12)10-15-9-13-2-3-14(15)8-13/h12-15H,2-10H2,1H3. The highest BCUT2D eigenvalue weighted by molar-refractivity contribution is 5.04. The number of rotatable bonds is 2. The van der Waals surface area contributed by atoms with E-state index < -0.39 is 0 Å². The maximum Gasteiger partial charge on any atom is 0.0689 e. The summed E-state index contributed by atoms with van der Waals surface area (Å²) in [6.07, 6.45) is 12.1. The van der Waals surface area contributed by atoms with Crippen LogP contribution in [-0.2, 0) is 0 Å². The van der Waals surface area contributed by atoms with Crippen LogP contribution in [0.1, 0.15) is 64.7 Å². The zero-order valence-corrected chi connectivity index (χ0v) is 11.1. The highest BCUT2D eigenvalue weighted by Crippen LogP contribution is 2.54. The van der Waals surface area contributed by atoms with Gasteiger partial charge in [0.25, 0.3) is 0 Å². The summed E-state index contributed by atoms with van der Waals surface area (Å²) in [5.41, 5.74) is 0.0711. The zero-order chi connectivity index (χ0) is 11.9. The second-order valence-corrected chi connectivity index (χ2v) is 7.21. The van der Waals surface area contributed by atoms with Gasteiger partial charge in [-0.3, -0.25) is 0 Å². The van der Waals surface area contributed by atoms with E-state index in [0.29, 0.717) is 0 Å². The summed E-state index contributed by atoms with van der Waals surface area (Å²) in [4.78, 5) is 0. The van der Waals surface area contributed by atoms with Gasteiger partial charge in [-0.1, -0.05) is 13.3 Å². The molecule has 94 valence electrons. The van der Waals surface area contributed by atoms with Crippen LogP contribution < -0.4 is 0 Å². The predicted octanol–water partition coefficient (Wildman–Crippen LogP) is 4.53. The summed E-state index contributed by atoms with van der Waals surface area (Å²) in [6.45, 7) is 2.35. The van der Waals surface area contributed by atoms with Gasteiger partial charge in [-0.15, -0.1) is 0 Å². The molecule has 3 unspecified atom stereocenters. The van der Waals surface area contributed by atoms with Crippen LogP contribution >= 0.6 is 0 Å². The lowest BCUT2D eigenvalue weighted by Crippen LogP contribution is -2.29. The van der Waals surface area contributed by atoms with Crippen molar-refractivity contribution in [2.75, 3.05) is 0 Å². The molecule has 3 atom stereocenters. The first kappa shape index (κ1) is 11.6. The molecule has 0 aromatic rings.